The van der Waals surface area contributed by atoms with Gasteiger partial charge in [-0.1, -0.05) is 24.3 Å². The highest BCUT2D eigenvalue weighted by molar-refractivity contribution is 7.90. The molecule has 1 N–H and O–H groups in total. The van der Waals surface area contributed by atoms with Crippen LogP contribution in [0.4, 0.5) is 0 Å². The van der Waals surface area contributed by atoms with Crippen molar-refractivity contribution in [2.24, 2.45) is 0 Å². The normalized spacial score (nSPS) is 11.2. The Morgan fingerprint density at radius 2 is 1.59 bits per heavy atom. The molecular formula is C23H19N3O5S. The Kier molecular flexibility index (Phi) is 5.74. The monoisotopic (exact) mass is 449 g/mol. The van der Waals surface area contributed by atoms with E-state index in [1.807, 2.05) is 29.0 Å². The van der Waals surface area contributed by atoms with Crippen molar-refractivity contribution in [1.29, 1.82) is 0 Å². The molecule has 0 radical (unpaired) electrons. The Labute approximate surface area is 184 Å². The van der Waals surface area contributed by atoms with Gasteiger partial charge in [0, 0.05) is 17.1 Å². The standard InChI is InChI=1S/C23H19N3O5S/c1-30-20-10-6-11-21(31-2)22(20)32(28,29)26-23(27)19-13-12-16-15(7-5-9-18(16)25-19)17-8-3-4-14-24-17/h3-14H,1-2H3,(H,26,27). The number of methoxy groups -OCH3 is 2. The SMILES string of the molecule is COc1cccc(OC)c1S(=O)(=O)NC(=O)c1ccc2c(-c3ccccn3)cccc2n1. The quantitative estimate of drug-likeness (QED) is 0.480. The van der Waals surface area contributed by atoms with E-state index in [4.69, 9.17) is 9.47 Å². The van der Waals surface area contributed by atoms with Crippen LogP contribution in [0.25, 0.3) is 22.2 Å². The number of carbonyl (C=O) groups is 1. The first-order chi connectivity index (χ1) is 15.4. The van der Waals surface area contributed by atoms with Gasteiger partial charge in [0.25, 0.3) is 15.9 Å². The number of pyridine rings is 2. The van der Waals surface area contributed by atoms with Gasteiger partial charge in [0.1, 0.15) is 17.2 Å². The molecular weight excluding hydrogens is 430 g/mol. The molecule has 0 bridgehead atoms. The maximum atomic E-state index is 13.0. The molecule has 0 spiro atoms. The third-order valence-electron chi connectivity index (χ3n) is 4.78. The van der Waals surface area contributed by atoms with Crippen LogP contribution in [0, 0.1) is 0 Å². The van der Waals surface area contributed by atoms with E-state index in [-0.39, 0.29) is 22.1 Å². The molecule has 0 saturated carbocycles. The molecule has 0 atom stereocenters. The van der Waals surface area contributed by atoms with Crippen LogP contribution in [0.2, 0.25) is 0 Å². The van der Waals surface area contributed by atoms with Crippen molar-refractivity contribution in [2.45, 2.75) is 4.90 Å². The molecule has 8 nitrogen and oxygen atoms in total. The number of carbonyl (C=O) groups excluding carboxylic acids is 1. The summed E-state index contributed by atoms with van der Waals surface area (Å²) in [5.74, 6) is -0.768. The number of hydrogen-bond donors (Lipinski definition) is 1. The van der Waals surface area contributed by atoms with E-state index in [0.29, 0.717) is 5.52 Å². The number of ether oxygens (including phenoxy) is 2. The van der Waals surface area contributed by atoms with E-state index in [9.17, 15) is 13.2 Å². The summed E-state index contributed by atoms with van der Waals surface area (Å²) in [4.78, 5) is 21.2. The average molecular weight is 449 g/mol. The van der Waals surface area contributed by atoms with E-state index in [1.165, 1.54) is 32.4 Å². The zero-order valence-corrected chi connectivity index (χ0v) is 18.1. The summed E-state index contributed by atoms with van der Waals surface area (Å²) in [6.07, 6.45) is 1.69. The van der Waals surface area contributed by atoms with Crippen LogP contribution in [0.5, 0.6) is 11.5 Å². The lowest BCUT2D eigenvalue weighted by molar-refractivity contribution is 0.0977. The van der Waals surface area contributed by atoms with Crippen molar-refractivity contribution >= 4 is 26.8 Å². The van der Waals surface area contributed by atoms with Crippen LogP contribution in [0.3, 0.4) is 0 Å². The van der Waals surface area contributed by atoms with E-state index in [1.54, 1.807) is 30.5 Å². The molecule has 0 unspecified atom stereocenters. The lowest BCUT2D eigenvalue weighted by atomic mass is 10.0. The van der Waals surface area contributed by atoms with Crippen molar-refractivity contribution in [1.82, 2.24) is 14.7 Å². The van der Waals surface area contributed by atoms with Gasteiger partial charge < -0.3 is 9.47 Å². The number of sulfonamides is 1. The Morgan fingerprint density at radius 3 is 2.25 bits per heavy atom. The van der Waals surface area contributed by atoms with E-state index < -0.39 is 15.9 Å². The number of hydrogen-bond acceptors (Lipinski definition) is 7. The van der Waals surface area contributed by atoms with E-state index in [0.717, 1.165) is 16.6 Å². The minimum Gasteiger partial charge on any atom is -0.495 e. The Hall–Kier alpha value is -3.98. The number of aromatic nitrogens is 2. The molecule has 4 rings (SSSR count). The summed E-state index contributed by atoms with van der Waals surface area (Å²) in [6, 6.07) is 18.8. The molecule has 162 valence electrons. The van der Waals surface area contributed by atoms with Crippen molar-refractivity contribution in [3.05, 3.63) is 78.6 Å². The third kappa shape index (κ3) is 3.97. The van der Waals surface area contributed by atoms with Gasteiger partial charge in [0.2, 0.25) is 0 Å². The summed E-state index contributed by atoms with van der Waals surface area (Å²) in [5.41, 5.74) is 2.11. The van der Waals surface area contributed by atoms with Gasteiger partial charge in [-0.2, -0.15) is 0 Å². The van der Waals surface area contributed by atoms with Crippen LogP contribution in [0.15, 0.2) is 77.8 Å². The second-order valence-electron chi connectivity index (χ2n) is 6.71. The topological polar surface area (TPSA) is 107 Å². The predicted octanol–water partition coefficient (Wildman–Crippen LogP) is 3.43. The summed E-state index contributed by atoms with van der Waals surface area (Å²) >= 11 is 0. The maximum Gasteiger partial charge on any atom is 0.283 e. The van der Waals surface area contributed by atoms with Gasteiger partial charge in [-0.05, 0) is 42.5 Å². The molecule has 0 aliphatic heterocycles. The molecule has 2 aromatic carbocycles. The fourth-order valence-electron chi connectivity index (χ4n) is 3.33. The number of benzene rings is 2. The van der Waals surface area contributed by atoms with Gasteiger partial charge >= 0.3 is 0 Å². The molecule has 0 saturated heterocycles. The van der Waals surface area contributed by atoms with Crippen molar-refractivity contribution in [2.75, 3.05) is 14.2 Å². The first kappa shape index (κ1) is 21.3. The second kappa shape index (κ2) is 8.64. The van der Waals surface area contributed by atoms with Gasteiger partial charge in [0.15, 0.2) is 4.90 Å². The molecule has 2 heterocycles. The molecule has 0 aliphatic carbocycles. The lowest BCUT2D eigenvalue weighted by Gasteiger charge is -2.14. The molecule has 1 amide bonds. The number of fused-ring (bicyclic) bond motifs is 1. The first-order valence-corrected chi connectivity index (χ1v) is 11.0. The summed E-state index contributed by atoms with van der Waals surface area (Å²) in [7, 11) is -1.63. The number of nitrogens with zero attached hydrogens (tertiary/aromatic N) is 2. The highest BCUT2D eigenvalue weighted by Crippen LogP contribution is 2.33. The first-order valence-electron chi connectivity index (χ1n) is 9.54. The number of nitrogens with one attached hydrogen (secondary N) is 1. The minimum absolute atomic E-state index is 0.0480. The van der Waals surface area contributed by atoms with E-state index >= 15 is 0 Å². The van der Waals surface area contributed by atoms with Crippen molar-refractivity contribution in [3.8, 4) is 22.8 Å². The lowest BCUT2D eigenvalue weighted by Crippen LogP contribution is -2.31. The predicted molar refractivity (Wildman–Crippen MR) is 119 cm³/mol. The number of amides is 1. The van der Waals surface area contributed by atoms with Crippen LogP contribution >= 0.6 is 0 Å². The van der Waals surface area contributed by atoms with Crippen LogP contribution < -0.4 is 14.2 Å². The second-order valence-corrected chi connectivity index (χ2v) is 8.33. The Balaban J connectivity index is 1.70. The minimum atomic E-state index is -4.30. The van der Waals surface area contributed by atoms with E-state index in [2.05, 4.69) is 9.97 Å². The van der Waals surface area contributed by atoms with Crippen LogP contribution in [-0.2, 0) is 10.0 Å². The van der Waals surface area contributed by atoms with Crippen LogP contribution in [0.1, 0.15) is 10.5 Å². The highest BCUT2D eigenvalue weighted by Gasteiger charge is 2.27. The Morgan fingerprint density at radius 1 is 0.875 bits per heavy atom. The fraction of sp³-hybridized carbons (Fsp3) is 0.0870. The van der Waals surface area contributed by atoms with Crippen molar-refractivity contribution < 1.29 is 22.7 Å². The molecule has 32 heavy (non-hydrogen) atoms. The highest BCUT2D eigenvalue weighted by atomic mass is 32.2. The van der Waals surface area contributed by atoms with Gasteiger partial charge in [0.05, 0.1) is 25.4 Å². The summed E-state index contributed by atoms with van der Waals surface area (Å²) in [5, 5.41) is 0.789. The van der Waals surface area contributed by atoms with Gasteiger partial charge in [-0.25, -0.2) is 18.1 Å². The zero-order chi connectivity index (χ0) is 22.7. The molecule has 0 aliphatic rings. The average Bonchev–Trinajstić information content (AvgIpc) is 2.82. The molecule has 2 aromatic heterocycles. The van der Waals surface area contributed by atoms with Crippen molar-refractivity contribution in [3.63, 3.8) is 0 Å². The molecule has 9 heteroatoms. The van der Waals surface area contributed by atoms with Crippen LogP contribution in [-0.4, -0.2) is 38.5 Å². The number of rotatable bonds is 6. The third-order valence-corrected chi connectivity index (χ3v) is 6.18. The Bertz CT molecular complexity index is 1380. The molecule has 4 aromatic rings. The zero-order valence-electron chi connectivity index (χ0n) is 17.3. The largest absolute Gasteiger partial charge is 0.495 e. The maximum absolute atomic E-state index is 13.0. The summed E-state index contributed by atoms with van der Waals surface area (Å²) in [6.45, 7) is 0. The molecule has 0 fully saturated rings. The smallest absolute Gasteiger partial charge is 0.283 e. The van der Waals surface area contributed by atoms with Gasteiger partial charge in [-0.15, -0.1) is 0 Å². The summed E-state index contributed by atoms with van der Waals surface area (Å²) < 4.78 is 38.2. The van der Waals surface area contributed by atoms with Gasteiger partial charge in [-0.3, -0.25) is 9.78 Å². The fourth-order valence-corrected chi connectivity index (χ4v) is 4.62.